The summed E-state index contributed by atoms with van der Waals surface area (Å²) < 4.78 is 5.31. The van der Waals surface area contributed by atoms with Crippen LogP contribution in [0.2, 0.25) is 0 Å². The van der Waals surface area contributed by atoms with Gasteiger partial charge in [0.15, 0.2) is 0 Å². The Balaban J connectivity index is 1.88. The highest BCUT2D eigenvalue weighted by molar-refractivity contribution is 7.09. The molecule has 0 aliphatic rings. The first-order valence-electron chi connectivity index (χ1n) is 4.93. The van der Waals surface area contributed by atoms with E-state index in [1.54, 1.807) is 17.6 Å². The summed E-state index contributed by atoms with van der Waals surface area (Å²) in [5.41, 5.74) is 1.09. The molecule has 2 rings (SSSR count). The minimum Gasteiger partial charge on any atom is -0.468 e. The first-order valence-corrected chi connectivity index (χ1v) is 5.81. The average molecular weight is 222 g/mol. The number of aromatic nitrogens is 1. The molecule has 2 heterocycles. The maximum atomic E-state index is 5.31. The second kappa shape index (κ2) is 4.59. The van der Waals surface area contributed by atoms with Crippen LogP contribution in [0.1, 0.15) is 29.4 Å². The number of hydrogen-bond donors (Lipinski definition) is 1. The number of hydrogen-bond acceptors (Lipinski definition) is 4. The Morgan fingerprint density at radius 2 is 2.47 bits per heavy atom. The lowest BCUT2D eigenvalue weighted by atomic mass is 10.2. The van der Waals surface area contributed by atoms with Crippen LogP contribution in [0.5, 0.6) is 0 Å². The van der Waals surface area contributed by atoms with Gasteiger partial charge in [0, 0.05) is 11.9 Å². The molecule has 4 heteroatoms. The number of furan rings is 1. The van der Waals surface area contributed by atoms with Crippen molar-refractivity contribution in [3.05, 3.63) is 40.2 Å². The molecule has 1 N–H and O–H groups in total. The van der Waals surface area contributed by atoms with Crippen molar-refractivity contribution in [1.82, 2.24) is 10.3 Å². The molecule has 3 nitrogen and oxygen atoms in total. The summed E-state index contributed by atoms with van der Waals surface area (Å²) in [4.78, 5) is 4.39. The molecule has 0 bridgehead atoms. The minimum atomic E-state index is 0.224. The molecule has 2 aromatic rings. The van der Waals surface area contributed by atoms with Crippen molar-refractivity contribution in [2.75, 3.05) is 0 Å². The van der Waals surface area contributed by atoms with E-state index in [-0.39, 0.29) is 6.04 Å². The minimum absolute atomic E-state index is 0.224. The van der Waals surface area contributed by atoms with Crippen LogP contribution in [0, 0.1) is 6.92 Å². The van der Waals surface area contributed by atoms with Gasteiger partial charge in [-0.15, -0.1) is 11.3 Å². The predicted molar refractivity (Wildman–Crippen MR) is 60.8 cm³/mol. The third-order valence-electron chi connectivity index (χ3n) is 2.23. The van der Waals surface area contributed by atoms with E-state index in [1.165, 1.54) is 0 Å². The smallest absolute Gasteiger partial charge is 0.120 e. The molecule has 1 atom stereocenters. The van der Waals surface area contributed by atoms with Gasteiger partial charge in [-0.1, -0.05) is 0 Å². The van der Waals surface area contributed by atoms with Crippen molar-refractivity contribution in [3.63, 3.8) is 0 Å². The van der Waals surface area contributed by atoms with Crippen LogP contribution in [0.25, 0.3) is 0 Å². The number of nitrogens with one attached hydrogen (secondary N) is 1. The molecule has 2 aromatic heterocycles. The van der Waals surface area contributed by atoms with Crippen molar-refractivity contribution in [1.29, 1.82) is 0 Å². The first-order chi connectivity index (χ1) is 7.25. The fraction of sp³-hybridized carbons (Fsp3) is 0.364. The van der Waals surface area contributed by atoms with Crippen molar-refractivity contribution in [2.24, 2.45) is 0 Å². The highest BCUT2D eigenvalue weighted by Crippen LogP contribution is 2.14. The standard InChI is InChI=1S/C11H14N2OS/c1-8(11-4-3-5-14-11)12-6-10-7-15-9(2)13-10/h3-5,7-8,12H,6H2,1-2H3/t8-/m1/s1. The zero-order valence-electron chi connectivity index (χ0n) is 8.86. The molecule has 0 aliphatic carbocycles. The van der Waals surface area contributed by atoms with E-state index in [2.05, 4.69) is 22.6 Å². The van der Waals surface area contributed by atoms with E-state index in [9.17, 15) is 0 Å². The van der Waals surface area contributed by atoms with E-state index in [0.717, 1.165) is 23.0 Å². The summed E-state index contributed by atoms with van der Waals surface area (Å²) in [5.74, 6) is 0.960. The van der Waals surface area contributed by atoms with Gasteiger partial charge < -0.3 is 9.73 Å². The van der Waals surface area contributed by atoms with E-state index < -0.39 is 0 Å². The average Bonchev–Trinajstić information content (AvgIpc) is 2.84. The molecule has 15 heavy (non-hydrogen) atoms. The third-order valence-corrected chi connectivity index (χ3v) is 3.05. The molecule has 0 aromatic carbocycles. The molecule has 0 aliphatic heterocycles. The third kappa shape index (κ3) is 2.67. The van der Waals surface area contributed by atoms with Crippen LogP contribution in [0.15, 0.2) is 28.2 Å². The van der Waals surface area contributed by atoms with Crippen molar-refractivity contribution < 1.29 is 4.42 Å². The Hall–Kier alpha value is -1.13. The normalized spacial score (nSPS) is 12.9. The zero-order chi connectivity index (χ0) is 10.7. The molecular formula is C11H14N2OS. The van der Waals surface area contributed by atoms with E-state index >= 15 is 0 Å². The fourth-order valence-corrected chi connectivity index (χ4v) is 2.00. The first kappa shape index (κ1) is 10.4. The van der Waals surface area contributed by atoms with Crippen molar-refractivity contribution in [3.8, 4) is 0 Å². The Morgan fingerprint density at radius 1 is 1.60 bits per heavy atom. The Morgan fingerprint density at radius 3 is 3.07 bits per heavy atom. The van der Waals surface area contributed by atoms with Gasteiger partial charge in [0.2, 0.25) is 0 Å². The Kier molecular flexibility index (Phi) is 3.18. The van der Waals surface area contributed by atoms with E-state index in [0.29, 0.717) is 0 Å². The van der Waals surface area contributed by atoms with Gasteiger partial charge >= 0.3 is 0 Å². The number of nitrogens with zero attached hydrogens (tertiary/aromatic N) is 1. The van der Waals surface area contributed by atoms with Crippen LogP contribution in [0.3, 0.4) is 0 Å². The maximum Gasteiger partial charge on any atom is 0.120 e. The van der Waals surface area contributed by atoms with Crippen LogP contribution in [0.4, 0.5) is 0 Å². The second-order valence-electron chi connectivity index (χ2n) is 3.48. The van der Waals surface area contributed by atoms with Gasteiger partial charge in [0.1, 0.15) is 5.76 Å². The Labute approximate surface area is 93.2 Å². The molecule has 80 valence electrons. The molecule has 0 saturated heterocycles. The SMILES string of the molecule is Cc1nc(CN[C@H](C)c2ccco2)cs1. The fourth-order valence-electron chi connectivity index (χ4n) is 1.39. The van der Waals surface area contributed by atoms with Gasteiger partial charge in [-0.25, -0.2) is 4.98 Å². The van der Waals surface area contributed by atoms with Crippen LogP contribution >= 0.6 is 11.3 Å². The monoisotopic (exact) mass is 222 g/mol. The van der Waals surface area contributed by atoms with E-state index in [1.807, 2.05) is 19.1 Å². The summed E-state index contributed by atoms with van der Waals surface area (Å²) >= 11 is 1.68. The highest BCUT2D eigenvalue weighted by atomic mass is 32.1. The quantitative estimate of drug-likeness (QED) is 0.864. The van der Waals surface area contributed by atoms with Gasteiger partial charge in [0.25, 0.3) is 0 Å². The molecule has 0 amide bonds. The lowest BCUT2D eigenvalue weighted by Crippen LogP contribution is -2.17. The Bertz CT molecular complexity index is 408. The lowest BCUT2D eigenvalue weighted by Gasteiger charge is -2.09. The van der Waals surface area contributed by atoms with E-state index in [4.69, 9.17) is 4.42 Å². The molecule has 0 fully saturated rings. The lowest BCUT2D eigenvalue weighted by molar-refractivity contribution is 0.429. The number of thiazole rings is 1. The van der Waals surface area contributed by atoms with Gasteiger partial charge in [-0.05, 0) is 26.0 Å². The topological polar surface area (TPSA) is 38.1 Å². The molecule has 0 saturated carbocycles. The summed E-state index contributed by atoms with van der Waals surface area (Å²) in [6.07, 6.45) is 1.69. The number of rotatable bonds is 4. The maximum absolute atomic E-state index is 5.31. The highest BCUT2D eigenvalue weighted by Gasteiger charge is 2.07. The molecule has 0 spiro atoms. The van der Waals surface area contributed by atoms with Crippen molar-refractivity contribution in [2.45, 2.75) is 26.4 Å². The molecular weight excluding hydrogens is 208 g/mol. The van der Waals surface area contributed by atoms with Gasteiger partial charge in [-0.3, -0.25) is 0 Å². The van der Waals surface area contributed by atoms with Crippen molar-refractivity contribution >= 4 is 11.3 Å². The molecule has 0 radical (unpaired) electrons. The van der Waals surface area contributed by atoms with Gasteiger partial charge in [0.05, 0.1) is 23.0 Å². The number of aryl methyl sites for hydroxylation is 1. The summed E-state index contributed by atoms with van der Waals surface area (Å²) in [6, 6.07) is 4.10. The second-order valence-corrected chi connectivity index (χ2v) is 4.54. The van der Waals surface area contributed by atoms with Crippen LogP contribution in [-0.2, 0) is 6.54 Å². The summed E-state index contributed by atoms with van der Waals surface area (Å²) in [7, 11) is 0. The summed E-state index contributed by atoms with van der Waals surface area (Å²) in [6.45, 7) is 4.88. The van der Waals surface area contributed by atoms with Gasteiger partial charge in [-0.2, -0.15) is 0 Å². The van der Waals surface area contributed by atoms with Crippen LogP contribution in [-0.4, -0.2) is 4.98 Å². The zero-order valence-corrected chi connectivity index (χ0v) is 9.67. The largest absolute Gasteiger partial charge is 0.468 e. The summed E-state index contributed by atoms with van der Waals surface area (Å²) in [5, 5.41) is 6.55. The van der Waals surface area contributed by atoms with Crippen LogP contribution < -0.4 is 5.32 Å². The predicted octanol–water partition coefficient (Wildman–Crippen LogP) is 2.90. The molecule has 0 unspecified atom stereocenters.